The smallest absolute Gasteiger partial charge is 0.254 e. The van der Waals surface area contributed by atoms with E-state index in [1.807, 2.05) is 28.8 Å². The number of amides is 1. The first-order valence-electron chi connectivity index (χ1n) is 13.3. The molecule has 0 bridgehead atoms. The fraction of sp³-hybridized carbons (Fsp3) is 0.355. The van der Waals surface area contributed by atoms with Crippen molar-refractivity contribution in [1.82, 2.24) is 14.5 Å². The zero-order valence-electron chi connectivity index (χ0n) is 21.4. The van der Waals surface area contributed by atoms with E-state index in [0.29, 0.717) is 18.5 Å². The van der Waals surface area contributed by atoms with Crippen LogP contribution in [0.1, 0.15) is 66.9 Å². The Hall–Kier alpha value is -3.60. The third-order valence-corrected chi connectivity index (χ3v) is 7.49. The van der Waals surface area contributed by atoms with Gasteiger partial charge in [-0.05, 0) is 72.7 Å². The van der Waals surface area contributed by atoms with Crippen LogP contribution in [0.5, 0.6) is 0 Å². The van der Waals surface area contributed by atoms with Gasteiger partial charge in [-0.2, -0.15) is 0 Å². The molecule has 1 saturated carbocycles. The van der Waals surface area contributed by atoms with Crippen LogP contribution in [0.15, 0.2) is 66.7 Å². The molecule has 0 saturated heterocycles. The molecule has 5 rings (SSSR count). The van der Waals surface area contributed by atoms with E-state index in [4.69, 9.17) is 5.73 Å². The van der Waals surface area contributed by atoms with E-state index in [2.05, 4.69) is 66.2 Å². The zero-order chi connectivity index (χ0) is 25.1. The summed E-state index contributed by atoms with van der Waals surface area (Å²) in [4.78, 5) is 20.3. The van der Waals surface area contributed by atoms with E-state index in [1.165, 1.54) is 30.4 Å². The topological polar surface area (TPSA) is 64.2 Å². The van der Waals surface area contributed by atoms with Crippen molar-refractivity contribution in [3.8, 4) is 11.1 Å². The van der Waals surface area contributed by atoms with Crippen LogP contribution in [0.3, 0.4) is 0 Å². The number of aromatic nitrogens is 2. The van der Waals surface area contributed by atoms with Gasteiger partial charge in [0.25, 0.3) is 5.91 Å². The second-order valence-corrected chi connectivity index (χ2v) is 10.1. The molecule has 4 aromatic rings. The quantitative estimate of drug-likeness (QED) is 0.315. The molecule has 36 heavy (non-hydrogen) atoms. The number of hydrogen-bond donors (Lipinski definition) is 1. The summed E-state index contributed by atoms with van der Waals surface area (Å²) in [6, 6.07) is 23.1. The Labute approximate surface area is 214 Å². The van der Waals surface area contributed by atoms with Crippen molar-refractivity contribution in [3.63, 3.8) is 0 Å². The normalized spacial score (nSPS) is 14.3. The number of carbonyl (C=O) groups excluding carboxylic acids is 1. The van der Waals surface area contributed by atoms with E-state index in [9.17, 15) is 4.79 Å². The molecule has 2 N–H and O–H groups in total. The molecule has 5 nitrogen and oxygen atoms in total. The van der Waals surface area contributed by atoms with Gasteiger partial charge in [0.05, 0.1) is 17.6 Å². The highest BCUT2D eigenvalue weighted by Crippen LogP contribution is 2.29. The molecule has 3 aromatic carbocycles. The van der Waals surface area contributed by atoms with Crippen molar-refractivity contribution < 1.29 is 4.79 Å². The molecule has 1 aromatic heterocycles. The standard InChI is InChI=1S/C31H36N4O/c1-3-18-34(26-13-5-4-6-14-26)30(36)25-12-9-11-23(19-25)21-35-29-20-24(16-17-28(29)33-31(35)32)27-15-8-7-10-22(27)2/h7-12,15-17,19-20,26H,3-6,13-14,18,21H2,1-2H3,(H2,32,33). The molecule has 0 aliphatic heterocycles. The minimum absolute atomic E-state index is 0.149. The molecule has 1 fully saturated rings. The Morgan fingerprint density at radius 3 is 2.61 bits per heavy atom. The average Bonchev–Trinajstić information content (AvgIpc) is 3.22. The summed E-state index contributed by atoms with van der Waals surface area (Å²) in [5.74, 6) is 0.634. The zero-order valence-corrected chi connectivity index (χ0v) is 21.4. The fourth-order valence-electron chi connectivity index (χ4n) is 5.61. The molecule has 0 atom stereocenters. The number of nitrogens with two attached hydrogens (primary N) is 1. The van der Waals surface area contributed by atoms with Crippen molar-refractivity contribution in [2.45, 2.75) is 65.0 Å². The van der Waals surface area contributed by atoms with Gasteiger partial charge in [0.15, 0.2) is 0 Å². The third-order valence-electron chi connectivity index (χ3n) is 7.49. The van der Waals surface area contributed by atoms with Crippen LogP contribution in [0.2, 0.25) is 0 Å². The van der Waals surface area contributed by atoms with Crippen LogP contribution in [-0.2, 0) is 6.54 Å². The first-order chi connectivity index (χ1) is 17.5. The fourth-order valence-corrected chi connectivity index (χ4v) is 5.61. The maximum atomic E-state index is 13.6. The number of aryl methyl sites for hydroxylation is 1. The highest BCUT2D eigenvalue weighted by molar-refractivity contribution is 5.94. The van der Waals surface area contributed by atoms with Crippen molar-refractivity contribution in [2.24, 2.45) is 0 Å². The maximum absolute atomic E-state index is 13.6. The van der Waals surface area contributed by atoms with Gasteiger partial charge < -0.3 is 15.2 Å². The Morgan fingerprint density at radius 2 is 1.83 bits per heavy atom. The number of carbonyl (C=O) groups is 1. The van der Waals surface area contributed by atoms with Crippen LogP contribution in [-0.4, -0.2) is 32.9 Å². The molecule has 186 valence electrons. The highest BCUT2D eigenvalue weighted by Gasteiger charge is 2.25. The van der Waals surface area contributed by atoms with Gasteiger partial charge in [-0.3, -0.25) is 4.79 Å². The van der Waals surface area contributed by atoms with Gasteiger partial charge in [-0.1, -0.05) is 68.7 Å². The summed E-state index contributed by atoms with van der Waals surface area (Å²) in [6.07, 6.45) is 6.93. The van der Waals surface area contributed by atoms with Crippen LogP contribution in [0, 0.1) is 6.92 Å². The molecule has 0 unspecified atom stereocenters. The van der Waals surface area contributed by atoms with Gasteiger partial charge in [0, 0.05) is 18.2 Å². The molecular weight excluding hydrogens is 444 g/mol. The lowest BCUT2D eigenvalue weighted by Gasteiger charge is -2.34. The predicted octanol–water partition coefficient (Wildman–Crippen LogP) is 6.83. The summed E-state index contributed by atoms with van der Waals surface area (Å²) >= 11 is 0. The molecule has 5 heteroatoms. The number of nitrogens with zero attached hydrogens (tertiary/aromatic N) is 3. The average molecular weight is 481 g/mol. The lowest BCUT2D eigenvalue weighted by molar-refractivity contribution is 0.0634. The molecule has 0 spiro atoms. The van der Waals surface area contributed by atoms with Crippen LogP contribution in [0.4, 0.5) is 5.95 Å². The monoisotopic (exact) mass is 480 g/mol. The van der Waals surface area contributed by atoms with Gasteiger partial charge >= 0.3 is 0 Å². The summed E-state index contributed by atoms with van der Waals surface area (Å²) in [5.41, 5.74) is 13.7. The number of rotatable bonds is 7. The molecule has 1 aliphatic carbocycles. The minimum atomic E-state index is 0.149. The van der Waals surface area contributed by atoms with Crippen molar-refractivity contribution in [1.29, 1.82) is 0 Å². The van der Waals surface area contributed by atoms with E-state index < -0.39 is 0 Å². The molecule has 1 aliphatic rings. The van der Waals surface area contributed by atoms with Crippen LogP contribution in [0.25, 0.3) is 22.2 Å². The van der Waals surface area contributed by atoms with Gasteiger partial charge in [0.1, 0.15) is 0 Å². The summed E-state index contributed by atoms with van der Waals surface area (Å²) in [5, 5.41) is 0. The molecule has 1 amide bonds. The van der Waals surface area contributed by atoms with Crippen LogP contribution >= 0.6 is 0 Å². The van der Waals surface area contributed by atoms with E-state index in [0.717, 1.165) is 53.5 Å². The van der Waals surface area contributed by atoms with Crippen molar-refractivity contribution >= 4 is 22.9 Å². The Balaban J connectivity index is 1.44. The van der Waals surface area contributed by atoms with Gasteiger partial charge in [-0.15, -0.1) is 0 Å². The largest absolute Gasteiger partial charge is 0.369 e. The Kier molecular flexibility index (Phi) is 7.08. The third kappa shape index (κ3) is 4.88. The first-order valence-corrected chi connectivity index (χ1v) is 13.3. The Bertz CT molecular complexity index is 1370. The number of imidazole rings is 1. The van der Waals surface area contributed by atoms with E-state index >= 15 is 0 Å². The van der Waals surface area contributed by atoms with Gasteiger partial charge in [-0.25, -0.2) is 4.98 Å². The van der Waals surface area contributed by atoms with E-state index in [1.54, 1.807) is 0 Å². The lowest BCUT2D eigenvalue weighted by Crippen LogP contribution is -2.42. The second-order valence-electron chi connectivity index (χ2n) is 10.1. The van der Waals surface area contributed by atoms with Crippen molar-refractivity contribution in [3.05, 3.63) is 83.4 Å². The van der Waals surface area contributed by atoms with Gasteiger partial charge in [0.2, 0.25) is 5.95 Å². The summed E-state index contributed by atoms with van der Waals surface area (Å²) in [6.45, 7) is 5.66. The number of anilines is 1. The SMILES string of the molecule is CCCN(C(=O)c1cccc(Cn2c(N)nc3ccc(-c4ccccc4C)cc32)c1)C1CCCCC1. The van der Waals surface area contributed by atoms with Crippen molar-refractivity contribution in [2.75, 3.05) is 12.3 Å². The molecular formula is C31H36N4O. The number of benzene rings is 3. The number of fused-ring (bicyclic) bond motifs is 1. The first kappa shape index (κ1) is 24.1. The second kappa shape index (κ2) is 10.6. The molecule has 0 radical (unpaired) electrons. The van der Waals surface area contributed by atoms with E-state index in [-0.39, 0.29) is 5.91 Å². The summed E-state index contributed by atoms with van der Waals surface area (Å²) in [7, 11) is 0. The minimum Gasteiger partial charge on any atom is -0.369 e. The van der Waals surface area contributed by atoms with Crippen LogP contribution < -0.4 is 5.73 Å². The number of nitrogen functional groups attached to an aromatic ring is 1. The lowest BCUT2D eigenvalue weighted by atomic mass is 9.93. The predicted molar refractivity (Wildman–Crippen MR) is 148 cm³/mol. The number of hydrogen-bond acceptors (Lipinski definition) is 3. The maximum Gasteiger partial charge on any atom is 0.254 e. The summed E-state index contributed by atoms with van der Waals surface area (Å²) < 4.78 is 2.05. The Morgan fingerprint density at radius 1 is 1.03 bits per heavy atom. The molecule has 1 heterocycles. The highest BCUT2D eigenvalue weighted by atomic mass is 16.2.